The van der Waals surface area contributed by atoms with Gasteiger partial charge in [-0.05, 0) is 12.2 Å². The molecule has 0 aliphatic heterocycles. The topological polar surface area (TPSA) is 38.7 Å². The van der Waals surface area contributed by atoms with Gasteiger partial charge in [-0.25, -0.2) is 15.0 Å². The zero-order chi connectivity index (χ0) is 7.23. The fourth-order valence-electron chi connectivity index (χ4n) is 0.629. The van der Waals surface area contributed by atoms with Gasteiger partial charge in [0.2, 0.25) is 0 Å². The minimum Gasteiger partial charge on any atom is -0.225 e. The van der Waals surface area contributed by atoms with E-state index >= 15 is 0 Å². The second-order valence-corrected chi connectivity index (χ2v) is 2.33. The molecule has 1 rings (SSSR count). The minimum atomic E-state index is 0.851. The molecule has 0 aliphatic rings. The highest BCUT2D eigenvalue weighted by Gasteiger charge is 1.91. The maximum atomic E-state index is 4.08. The van der Waals surface area contributed by atoms with E-state index in [0.29, 0.717) is 0 Å². The molecule has 10 heavy (non-hydrogen) atoms. The molecule has 1 aromatic rings. The monoisotopic (exact) mass is 155 g/mol. The Morgan fingerprint density at radius 1 is 1.30 bits per heavy atom. The van der Waals surface area contributed by atoms with E-state index in [0.717, 1.165) is 24.4 Å². The number of rotatable bonds is 3. The average Bonchev–Trinajstić information content (AvgIpc) is 2.03. The highest BCUT2D eigenvalue weighted by atomic mass is 32.1. The van der Waals surface area contributed by atoms with Crippen molar-refractivity contribution in [2.24, 2.45) is 0 Å². The standard InChI is InChI=1S/C6H9N3S/c10-3-1-2-6-8-4-7-5-9-6/h4-5,10H,1-3H2. The lowest BCUT2D eigenvalue weighted by molar-refractivity contribution is 0.822. The summed E-state index contributed by atoms with van der Waals surface area (Å²) in [6, 6.07) is 0. The van der Waals surface area contributed by atoms with Crippen LogP contribution in [0.5, 0.6) is 0 Å². The molecule has 0 spiro atoms. The Balaban J connectivity index is 2.43. The molecule has 0 saturated heterocycles. The molecular weight excluding hydrogens is 146 g/mol. The van der Waals surface area contributed by atoms with Crippen molar-refractivity contribution in [3.8, 4) is 0 Å². The van der Waals surface area contributed by atoms with Gasteiger partial charge in [-0.1, -0.05) is 0 Å². The third-order valence-corrected chi connectivity index (χ3v) is 1.42. The Morgan fingerprint density at radius 3 is 2.60 bits per heavy atom. The molecule has 54 valence electrons. The summed E-state index contributed by atoms with van der Waals surface area (Å²) >= 11 is 4.08. The molecule has 0 amide bonds. The fraction of sp³-hybridized carbons (Fsp3) is 0.500. The van der Waals surface area contributed by atoms with Crippen LogP contribution in [0.25, 0.3) is 0 Å². The first kappa shape index (κ1) is 7.47. The largest absolute Gasteiger partial charge is 0.225 e. The van der Waals surface area contributed by atoms with E-state index in [2.05, 4.69) is 27.6 Å². The van der Waals surface area contributed by atoms with Gasteiger partial charge in [0.25, 0.3) is 0 Å². The van der Waals surface area contributed by atoms with Gasteiger partial charge in [0, 0.05) is 6.42 Å². The maximum Gasteiger partial charge on any atom is 0.131 e. The van der Waals surface area contributed by atoms with Crippen molar-refractivity contribution < 1.29 is 0 Å². The molecular formula is C6H9N3S. The molecule has 0 N–H and O–H groups in total. The van der Waals surface area contributed by atoms with Crippen molar-refractivity contribution in [2.45, 2.75) is 12.8 Å². The van der Waals surface area contributed by atoms with Crippen LogP contribution in [0, 0.1) is 0 Å². The van der Waals surface area contributed by atoms with Crippen molar-refractivity contribution in [1.29, 1.82) is 0 Å². The van der Waals surface area contributed by atoms with Crippen molar-refractivity contribution >= 4 is 12.6 Å². The normalized spacial score (nSPS) is 9.70. The smallest absolute Gasteiger partial charge is 0.131 e. The SMILES string of the molecule is SCCCc1ncncn1. The fourth-order valence-corrected chi connectivity index (χ4v) is 0.787. The first-order valence-corrected chi connectivity index (χ1v) is 3.78. The zero-order valence-corrected chi connectivity index (χ0v) is 6.46. The van der Waals surface area contributed by atoms with E-state index in [1.165, 1.54) is 12.7 Å². The van der Waals surface area contributed by atoms with Gasteiger partial charge in [-0.3, -0.25) is 0 Å². The van der Waals surface area contributed by atoms with Crippen LogP contribution >= 0.6 is 12.6 Å². The average molecular weight is 155 g/mol. The van der Waals surface area contributed by atoms with Crippen molar-refractivity contribution in [1.82, 2.24) is 15.0 Å². The van der Waals surface area contributed by atoms with E-state index < -0.39 is 0 Å². The van der Waals surface area contributed by atoms with Crippen LogP contribution in [0.4, 0.5) is 0 Å². The van der Waals surface area contributed by atoms with Gasteiger partial charge >= 0.3 is 0 Å². The van der Waals surface area contributed by atoms with Crippen LogP contribution in [-0.2, 0) is 6.42 Å². The van der Waals surface area contributed by atoms with E-state index in [1.807, 2.05) is 0 Å². The van der Waals surface area contributed by atoms with E-state index in [4.69, 9.17) is 0 Å². The minimum absolute atomic E-state index is 0.851. The third-order valence-electron chi connectivity index (χ3n) is 1.11. The lowest BCUT2D eigenvalue weighted by Gasteiger charge is -1.93. The Morgan fingerprint density at radius 2 is 2.00 bits per heavy atom. The van der Waals surface area contributed by atoms with Crippen LogP contribution in [0.2, 0.25) is 0 Å². The van der Waals surface area contributed by atoms with Crippen LogP contribution in [0.1, 0.15) is 12.2 Å². The van der Waals surface area contributed by atoms with Crippen molar-refractivity contribution in [2.75, 3.05) is 5.75 Å². The molecule has 0 aromatic carbocycles. The summed E-state index contributed by atoms with van der Waals surface area (Å²) in [5, 5.41) is 0. The lowest BCUT2D eigenvalue weighted by Crippen LogP contribution is -1.94. The Kier molecular flexibility index (Phi) is 3.15. The van der Waals surface area contributed by atoms with Crippen molar-refractivity contribution in [3.63, 3.8) is 0 Å². The molecule has 0 aliphatic carbocycles. The molecule has 3 nitrogen and oxygen atoms in total. The molecule has 0 unspecified atom stereocenters. The first-order chi connectivity index (χ1) is 4.93. The molecule has 0 fully saturated rings. The summed E-state index contributed by atoms with van der Waals surface area (Å²) in [5.74, 6) is 1.73. The summed E-state index contributed by atoms with van der Waals surface area (Å²) < 4.78 is 0. The molecule has 4 heteroatoms. The van der Waals surface area contributed by atoms with Gasteiger partial charge in [0.1, 0.15) is 18.5 Å². The Labute approximate surface area is 65.3 Å². The van der Waals surface area contributed by atoms with Gasteiger partial charge in [-0.15, -0.1) is 0 Å². The van der Waals surface area contributed by atoms with Gasteiger partial charge in [-0.2, -0.15) is 12.6 Å². The van der Waals surface area contributed by atoms with Crippen LogP contribution in [0.15, 0.2) is 12.7 Å². The highest BCUT2D eigenvalue weighted by Crippen LogP contribution is 1.93. The second kappa shape index (κ2) is 4.22. The van der Waals surface area contributed by atoms with E-state index in [-0.39, 0.29) is 0 Å². The molecule has 0 atom stereocenters. The predicted molar refractivity (Wildman–Crippen MR) is 42.0 cm³/mol. The zero-order valence-electron chi connectivity index (χ0n) is 5.56. The van der Waals surface area contributed by atoms with Crippen LogP contribution in [0.3, 0.4) is 0 Å². The summed E-state index contributed by atoms with van der Waals surface area (Å²) in [5.41, 5.74) is 0. The number of aromatic nitrogens is 3. The molecule has 0 radical (unpaired) electrons. The second-order valence-electron chi connectivity index (χ2n) is 1.88. The molecule has 0 bridgehead atoms. The summed E-state index contributed by atoms with van der Waals surface area (Å²) in [7, 11) is 0. The van der Waals surface area contributed by atoms with Gasteiger partial charge in [0.05, 0.1) is 0 Å². The summed E-state index contributed by atoms with van der Waals surface area (Å²) in [6.45, 7) is 0. The Bertz CT molecular complexity index is 178. The van der Waals surface area contributed by atoms with E-state index in [9.17, 15) is 0 Å². The number of aryl methyl sites for hydroxylation is 1. The predicted octanol–water partition coefficient (Wildman–Crippen LogP) is 0.734. The third kappa shape index (κ3) is 2.31. The van der Waals surface area contributed by atoms with Crippen LogP contribution < -0.4 is 0 Å². The first-order valence-electron chi connectivity index (χ1n) is 3.15. The summed E-state index contributed by atoms with van der Waals surface area (Å²) in [4.78, 5) is 11.6. The number of hydrogen-bond donors (Lipinski definition) is 1. The number of hydrogen-bond acceptors (Lipinski definition) is 4. The Hall–Kier alpha value is -0.640. The van der Waals surface area contributed by atoms with Gasteiger partial charge < -0.3 is 0 Å². The van der Waals surface area contributed by atoms with Crippen molar-refractivity contribution in [3.05, 3.63) is 18.5 Å². The summed E-state index contributed by atoms with van der Waals surface area (Å²) in [6.07, 6.45) is 4.95. The molecule has 1 aromatic heterocycles. The molecule has 1 heterocycles. The van der Waals surface area contributed by atoms with Crippen LogP contribution in [-0.4, -0.2) is 20.7 Å². The number of nitrogens with zero attached hydrogens (tertiary/aromatic N) is 3. The maximum absolute atomic E-state index is 4.08. The van der Waals surface area contributed by atoms with E-state index in [1.54, 1.807) is 0 Å². The quantitative estimate of drug-likeness (QED) is 0.654. The molecule has 0 saturated carbocycles. The highest BCUT2D eigenvalue weighted by molar-refractivity contribution is 7.80. The van der Waals surface area contributed by atoms with Gasteiger partial charge in [0.15, 0.2) is 0 Å². The lowest BCUT2D eigenvalue weighted by atomic mass is 10.3. The number of thiol groups is 1.